The molecule has 1 aromatic carbocycles. The van der Waals surface area contributed by atoms with Gasteiger partial charge in [-0.2, -0.15) is 0 Å². The Morgan fingerprint density at radius 1 is 1.57 bits per heavy atom. The van der Waals surface area contributed by atoms with E-state index in [0.717, 1.165) is 0 Å². The van der Waals surface area contributed by atoms with Crippen LogP contribution in [0.2, 0.25) is 0 Å². The second kappa shape index (κ2) is 4.80. The Bertz CT molecular complexity index is 1130. The Morgan fingerprint density at radius 2 is 2.38 bits per heavy atom. The van der Waals surface area contributed by atoms with Crippen molar-refractivity contribution in [2.75, 3.05) is 5.73 Å². The lowest BCUT2D eigenvalue weighted by Crippen LogP contribution is -2.36. The number of benzene rings is 1. The van der Waals surface area contributed by atoms with Crippen molar-refractivity contribution in [3.8, 4) is 0 Å². The quantitative estimate of drug-likeness (QED) is 0.628. The van der Waals surface area contributed by atoms with Crippen molar-refractivity contribution < 1.29 is 20.6 Å². The van der Waals surface area contributed by atoms with Gasteiger partial charge in [0.2, 0.25) is 0 Å². The van der Waals surface area contributed by atoms with Gasteiger partial charge in [-0.3, -0.25) is 19.0 Å². The molecule has 6 heteroatoms. The van der Waals surface area contributed by atoms with Crippen molar-refractivity contribution in [1.82, 2.24) is 9.55 Å². The Labute approximate surface area is 131 Å². The average molecular weight is 293 g/mol. The molecule has 0 radical (unpaired) electrons. The maximum atomic E-state index is 13.2. The highest BCUT2D eigenvalue weighted by Crippen LogP contribution is 2.24. The van der Waals surface area contributed by atoms with E-state index in [9.17, 15) is 14.4 Å². The van der Waals surface area contributed by atoms with Crippen LogP contribution in [0, 0.1) is 6.85 Å². The zero-order valence-electron chi connectivity index (χ0n) is 18.6. The first-order valence-corrected chi connectivity index (χ1v) is 5.96. The SMILES string of the molecule is [2H]c1ccc(N)c2c(=O)n(C3([2H])C(=O)CC(=O)C([2H])([2H])C3[2H])c(C([2H])([2H])[2H])nc12. The van der Waals surface area contributed by atoms with E-state index in [1.165, 1.54) is 12.1 Å². The van der Waals surface area contributed by atoms with E-state index in [4.69, 9.17) is 16.7 Å². The van der Waals surface area contributed by atoms with E-state index < -0.39 is 60.4 Å². The first-order chi connectivity index (χ1) is 13.1. The molecule has 1 heterocycles. The van der Waals surface area contributed by atoms with Gasteiger partial charge in [0.1, 0.15) is 11.6 Å². The summed E-state index contributed by atoms with van der Waals surface area (Å²) in [5.74, 6) is -3.62. The summed E-state index contributed by atoms with van der Waals surface area (Å²) in [6.07, 6.45) is -6.52. The molecular formula is C15H15N3O3. The molecule has 0 aliphatic heterocycles. The van der Waals surface area contributed by atoms with Crippen molar-refractivity contribution in [2.24, 2.45) is 0 Å². The number of Topliss-reactive ketones (excluding diaryl/α,β-unsaturated/α-hetero) is 2. The van der Waals surface area contributed by atoms with Gasteiger partial charge in [0.15, 0.2) is 5.78 Å². The normalized spacial score (nSPS) is 34.8. The van der Waals surface area contributed by atoms with Gasteiger partial charge in [0.05, 0.1) is 26.1 Å². The first kappa shape index (κ1) is 6.98. The third-order valence-electron chi connectivity index (χ3n) is 3.07. The molecule has 1 aliphatic rings. The summed E-state index contributed by atoms with van der Waals surface area (Å²) < 4.78 is 63.3. The fourth-order valence-corrected chi connectivity index (χ4v) is 2.11. The van der Waals surface area contributed by atoms with Gasteiger partial charge in [0.25, 0.3) is 5.56 Å². The number of carbonyl (C=O) groups is 2. The van der Waals surface area contributed by atoms with Gasteiger partial charge in [-0.1, -0.05) is 6.07 Å². The highest BCUT2D eigenvalue weighted by molar-refractivity contribution is 6.03. The summed E-state index contributed by atoms with van der Waals surface area (Å²) in [7, 11) is 0. The number of rotatable bonds is 1. The van der Waals surface area contributed by atoms with Gasteiger partial charge in [-0.25, -0.2) is 4.98 Å². The lowest BCUT2D eigenvalue weighted by Gasteiger charge is -2.24. The number of nitrogens with zero attached hydrogens (tertiary/aromatic N) is 2. The molecule has 1 saturated carbocycles. The van der Waals surface area contributed by atoms with Crippen LogP contribution >= 0.6 is 0 Å². The maximum absolute atomic E-state index is 13.2. The van der Waals surface area contributed by atoms with E-state index in [1.54, 1.807) is 0 Å². The largest absolute Gasteiger partial charge is 0.398 e. The van der Waals surface area contributed by atoms with Crippen molar-refractivity contribution >= 4 is 28.2 Å². The monoisotopic (exact) mass is 293 g/mol. The summed E-state index contributed by atoms with van der Waals surface area (Å²) >= 11 is 0. The number of aromatic nitrogens is 2. The van der Waals surface area contributed by atoms with Crippen LogP contribution in [0.25, 0.3) is 10.9 Å². The van der Waals surface area contributed by atoms with E-state index in [-0.39, 0.29) is 21.8 Å². The highest BCUT2D eigenvalue weighted by Gasteiger charge is 2.30. The number of carbonyl (C=O) groups excluding carboxylic acids is 2. The second-order valence-corrected chi connectivity index (χ2v) is 4.43. The molecular weight excluding hydrogens is 270 g/mol. The van der Waals surface area contributed by atoms with Gasteiger partial charge >= 0.3 is 0 Å². The second-order valence-electron chi connectivity index (χ2n) is 4.43. The Kier molecular flexibility index (Phi) is 1.59. The zero-order valence-corrected chi connectivity index (χ0v) is 10.6. The summed E-state index contributed by atoms with van der Waals surface area (Å²) in [5, 5.41) is -0.436. The minimum atomic E-state index is -3.16. The minimum absolute atomic E-state index is 0.127. The fourth-order valence-electron chi connectivity index (χ4n) is 2.11. The average Bonchev–Trinajstić information content (AvgIpc) is 2.60. The Hall–Kier alpha value is -2.50. The number of aryl methyl sites for hydroxylation is 1. The summed E-state index contributed by atoms with van der Waals surface area (Å²) in [4.78, 5) is 41.5. The molecule has 1 aromatic heterocycles. The van der Waals surface area contributed by atoms with Crippen molar-refractivity contribution in [3.05, 3.63) is 34.4 Å². The summed E-state index contributed by atoms with van der Waals surface area (Å²) in [6, 6.07) is -1.03. The van der Waals surface area contributed by atoms with Crippen LogP contribution in [0.1, 0.15) is 42.0 Å². The van der Waals surface area contributed by atoms with Crippen LogP contribution in [0.4, 0.5) is 5.69 Å². The minimum Gasteiger partial charge on any atom is -0.398 e. The number of hydrogen-bond acceptors (Lipinski definition) is 5. The van der Waals surface area contributed by atoms with Crippen LogP contribution in [0.5, 0.6) is 0 Å². The maximum Gasteiger partial charge on any atom is 0.264 e. The molecule has 1 fully saturated rings. The fraction of sp³-hybridized carbons (Fsp3) is 0.333. The molecule has 6 nitrogen and oxygen atoms in total. The third-order valence-corrected chi connectivity index (χ3v) is 3.07. The van der Waals surface area contributed by atoms with Crippen LogP contribution in [0.15, 0.2) is 23.0 Å². The molecule has 2 unspecified atom stereocenters. The van der Waals surface area contributed by atoms with Gasteiger partial charge < -0.3 is 5.73 Å². The van der Waals surface area contributed by atoms with Crippen LogP contribution < -0.4 is 11.3 Å². The standard InChI is InChI=1S/C15H15N3O3/c1-8-17-11-4-2-3-10(16)14(11)15(21)18(8)12-6-5-9(19)7-13(12)20/h2-4,12H,5-7,16H2,1H3/i1D3,4D,5D2,6D,12D. The third kappa shape index (κ3) is 2.12. The predicted molar refractivity (Wildman–Crippen MR) is 78.1 cm³/mol. The molecule has 3 rings (SSSR count). The molecule has 21 heavy (non-hydrogen) atoms. The van der Waals surface area contributed by atoms with Crippen molar-refractivity contribution in [1.29, 1.82) is 0 Å². The van der Waals surface area contributed by atoms with Gasteiger partial charge in [-0.15, -0.1) is 0 Å². The molecule has 0 spiro atoms. The van der Waals surface area contributed by atoms with Gasteiger partial charge in [0, 0.05) is 20.3 Å². The zero-order chi connectivity index (χ0) is 22.1. The Balaban J connectivity index is 2.53. The van der Waals surface area contributed by atoms with Crippen molar-refractivity contribution in [2.45, 2.75) is 32.1 Å². The number of hydrogen-bond donors (Lipinski definition) is 1. The molecule has 2 N–H and O–H groups in total. The number of nitrogen functional groups attached to an aromatic ring is 1. The molecule has 0 bridgehead atoms. The van der Waals surface area contributed by atoms with Crippen molar-refractivity contribution in [3.63, 3.8) is 0 Å². The molecule has 2 atom stereocenters. The smallest absolute Gasteiger partial charge is 0.264 e. The predicted octanol–water partition coefficient (Wildman–Crippen LogP) is 1.15. The van der Waals surface area contributed by atoms with Crippen LogP contribution in [-0.2, 0) is 9.59 Å². The van der Waals surface area contributed by atoms with E-state index in [0.29, 0.717) is 0 Å². The summed E-state index contributed by atoms with van der Waals surface area (Å²) in [6.45, 7) is -3.16. The summed E-state index contributed by atoms with van der Waals surface area (Å²) in [5.41, 5.74) is 3.92. The topological polar surface area (TPSA) is 95.0 Å². The molecule has 108 valence electrons. The van der Waals surface area contributed by atoms with Crippen LogP contribution in [0.3, 0.4) is 0 Å². The number of ketones is 2. The molecule has 0 amide bonds. The van der Waals surface area contributed by atoms with Gasteiger partial charge in [-0.05, 0) is 25.4 Å². The molecule has 2 aromatic rings. The lowest BCUT2D eigenvalue weighted by molar-refractivity contribution is -0.132. The first-order valence-electron chi connectivity index (χ1n) is 10.0. The van der Waals surface area contributed by atoms with E-state index in [1.807, 2.05) is 0 Å². The molecule has 0 saturated heterocycles. The van der Waals surface area contributed by atoms with E-state index >= 15 is 0 Å². The number of nitrogens with two attached hydrogens (primary N) is 1. The lowest BCUT2D eigenvalue weighted by atomic mass is 9.92. The number of anilines is 1. The molecule has 1 aliphatic carbocycles. The van der Waals surface area contributed by atoms with E-state index in [2.05, 4.69) is 4.98 Å². The highest BCUT2D eigenvalue weighted by atomic mass is 16.2. The van der Waals surface area contributed by atoms with Crippen LogP contribution in [-0.4, -0.2) is 21.1 Å². The Morgan fingerprint density at radius 3 is 3.14 bits per heavy atom. The number of fused-ring (bicyclic) bond motifs is 1.